The van der Waals surface area contributed by atoms with E-state index in [1.165, 1.54) is 5.56 Å². The molecule has 0 aliphatic heterocycles. The molecule has 98 valence electrons. The molecule has 0 aromatic carbocycles. The Balaban J connectivity index is 2.73. The fraction of sp³-hybridized carbons (Fsp3) is 0.769. The summed E-state index contributed by atoms with van der Waals surface area (Å²) in [7, 11) is 3.71. The molecule has 0 saturated carbocycles. The lowest BCUT2D eigenvalue weighted by Crippen LogP contribution is -2.32. The van der Waals surface area contributed by atoms with E-state index in [0.717, 1.165) is 19.4 Å². The van der Waals surface area contributed by atoms with Crippen LogP contribution in [0.4, 0.5) is 0 Å². The average Bonchev–Trinajstić information content (AvgIpc) is 2.71. The third-order valence-electron chi connectivity index (χ3n) is 3.02. The van der Waals surface area contributed by atoms with Crippen molar-refractivity contribution >= 4 is 0 Å². The molecule has 0 amide bonds. The van der Waals surface area contributed by atoms with Gasteiger partial charge in [0.25, 0.3) is 0 Å². The SMILES string of the molecule is CCCNC(CC(C)(C)OC)c1cnn(C)c1. The molecule has 0 spiro atoms. The van der Waals surface area contributed by atoms with Gasteiger partial charge in [0, 0.05) is 32.0 Å². The van der Waals surface area contributed by atoms with Gasteiger partial charge in [-0.05, 0) is 33.2 Å². The third-order valence-corrected chi connectivity index (χ3v) is 3.02. The minimum Gasteiger partial charge on any atom is -0.379 e. The lowest BCUT2D eigenvalue weighted by atomic mass is 9.95. The van der Waals surface area contributed by atoms with Gasteiger partial charge < -0.3 is 10.1 Å². The second kappa shape index (κ2) is 6.17. The first-order valence-corrected chi connectivity index (χ1v) is 6.25. The smallest absolute Gasteiger partial charge is 0.0640 e. The monoisotopic (exact) mass is 239 g/mol. The van der Waals surface area contributed by atoms with Gasteiger partial charge in [0.15, 0.2) is 0 Å². The van der Waals surface area contributed by atoms with Crippen molar-refractivity contribution in [2.75, 3.05) is 13.7 Å². The number of methoxy groups -OCH3 is 1. The van der Waals surface area contributed by atoms with E-state index >= 15 is 0 Å². The van der Waals surface area contributed by atoms with Crippen LogP contribution in [-0.2, 0) is 11.8 Å². The summed E-state index contributed by atoms with van der Waals surface area (Å²) in [5, 5.41) is 7.79. The van der Waals surface area contributed by atoms with E-state index in [1.807, 2.05) is 17.9 Å². The highest BCUT2D eigenvalue weighted by molar-refractivity contribution is 5.11. The average molecular weight is 239 g/mol. The predicted octanol–water partition coefficient (Wildman–Crippen LogP) is 2.28. The zero-order chi connectivity index (χ0) is 12.9. The largest absolute Gasteiger partial charge is 0.379 e. The molecule has 0 aliphatic carbocycles. The van der Waals surface area contributed by atoms with Crippen molar-refractivity contribution in [3.63, 3.8) is 0 Å². The number of hydrogen-bond donors (Lipinski definition) is 1. The van der Waals surface area contributed by atoms with Crippen LogP contribution < -0.4 is 5.32 Å². The van der Waals surface area contributed by atoms with Crippen molar-refractivity contribution in [3.05, 3.63) is 18.0 Å². The van der Waals surface area contributed by atoms with Crippen molar-refractivity contribution in [3.8, 4) is 0 Å². The van der Waals surface area contributed by atoms with E-state index in [2.05, 4.69) is 37.4 Å². The molecule has 4 nitrogen and oxygen atoms in total. The highest BCUT2D eigenvalue weighted by Gasteiger charge is 2.24. The summed E-state index contributed by atoms with van der Waals surface area (Å²) in [5.74, 6) is 0. The molecule has 0 bridgehead atoms. The Morgan fingerprint density at radius 1 is 1.53 bits per heavy atom. The number of aromatic nitrogens is 2. The van der Waals surface area contributed by atoms with Gasteiger partial charge in [-0.15, -0.1) is 0 Å². The van der Waals surface area contributed by atoms with Crippen LogP contribution in [0.2, 0.25) is 0 Å². The highest BCUT2D eigenvalue weighted by Crippen LogP contribution is 2.25. The lowest BCUT2D eigenvalue weighted by Gasteiger charge is -2.28. The fourth-order valence-electron chi connectivity index (χ4n) is 1.82. The third kappa shape index (κ3) is 4.48. The molecule has 4 heteroatoms. The zero-order valence-corrected chi connectivity index (χ0v) is 11.7. The molecular formula is C13H25N3O. The number of aryl methyl sites for hydroxylation is 1. The van der Waals surface area contributed by atoms with Gasteiger partial charge in [0.05, 0.1) is 11.8 Å². The molecule has 17 heavy (non-hydrogen) atoms. The van der Waals surface area contributed by atoms with Crippen LogP contribution in [0.25, 0.3) is 0 Å². The van der Waals surface area contributed by atoms with Gasteiger partial charge in [0.2, 0.25) is 0 Å². The minimum atomic E-state index is -0.124. The Morgan fingerprint density at radius 2 is 2.24 bits per heavy atom. The molecule has 1 heterocycles. The van der Waals surface area contributed by atoms with Gasteiger partial charge in [-0.1, -0.05) is 6.92 Å². The van der Waals surface area contributed by atoms with Gasteiger partial charge in [-0.3, -0.25) is 4.68 Å². The first kappa shape index (κ1) is 14.2. The topological polar surface area (TPSA) is 39.1 Å². The lowest BCUT2D eigenvalue weighted by molar-refractivity contribution is 0.00684. The first-order chi connectivity index (χ1) is 7.98. The Hall–Kier alpha value is -0.870. The molecule has 1 N–H and O–H groups in total. The van der Waals surface area contributed by atoms with Gasteiger partial charge >= 0.3 is 0 Å². The molecule has 0 radical (unpaired) electrons. The van der Waals surface area contributed by atoms with Crippen LogP contribution >= 0.6 is 0 Å². The van der Waals surface area contributed by atoms with E-state index < -0.39 is 0 Å². The van der Waals surface area contributed by atoms with E-state index in [9.17, 15) is 0 Å². The summed E-state index contributed by atoms with van der Waals surface area (Å²) >= 11 is 0. The Kier molecular flexibility index (Phi) is 5.15. The zero-order valence-electron chi connectivity index (χ0n) is 11.7. The normalized spacial score (nSPS) is 13.9. The van der Waals surface area contributed by atoms with Crippen LogP contribution in [-0.4, -0.2) is 29.0 Å². The van der Waals surface area contributed by atoms with E-state index in [1.54, 1.807) is 7.11 Å². The second-order valence-corrected chi connectivity index (χ2v) is 5.12. The van der Waals surface area contributed by atoms with Gasteiger partial charge in [0.1, 0.15) is 0 Å². The first-order valence-electron chi connectivity index (χ1n) is 6.25. The number of rotatable bonds is 7. The summed E-state index contributed by atoms with van der Waals surface area (Å²) in [5.41, 5.74) is 1.10. The summed E-state index contributed by atoms with van der Waals surface area (Å²) in [6.07, 6.45) is 6.07. The number of nitrogens with one attached hydrogen (secondary N) is 1. The summed E-state index contributed by atoms with van der Waals surface area (Å²) in [6.45, 7) is 7.42. The Bertz CT molecular complexity index is 333. The highest BCUT2D eigenvalue weighted by atomic mass is 16.5. The van der Waals surface area contributed by atoms with Crippen molar-refractivity contribution in [1.29, 1.82) is 0 Å². The van der Waals surface area contributed by atoms with Crippen LogP contribution in [0.1, 0.15) is 45.2 Å². The molecule has 1 aromatic rings. The predicted molar refractivity (Wildman–Crippen MR) is 69.9 cm³/mol. The summed E-state index contributed by atoms with van der Waals surface area (Å²) in [6, 6.07) is 0.304. The maximum Gasteiger partial charge on any atom is 0.0640 e. The molecule has 1 unspecified atom stereocenters. The molecule has 0 aliphatic rings. The minimum absolute atomic E-state index is 0.124. The molecule has 0 saturated heterocycles. The summed E-state index contributed by atoms with van der Waals surface area (Å²) < 4.78 is 7.35. The van der Waals surface area contributed by atoms with Crippen LogP contribution in [0.15, 0.2) is 12.4 Å². The van der Waals surface area contributed by atoms with E-state index in [0.29, 0.717) is 6.04 Å². The maximum atomic E-state index is 5.51. The number of hydrogen-bond acceptors (Lipinski definition) is 3. The molecule has 1 rings (SSSR count). The van der Waals surface area contributed by atoms with Gasteiger partial charge in [-0.2, -0.15) is 5.10 Å². The van der Waals surface area contributed by atoms with Crippen molar-refractivity contribution in [2.45, 2.75) is 45.3 Å². The quantitative estimate of drug-likeness (QED) is 0.793. The van der Waals surface area contributed by atoms with Crippen molar-refractivity contribution in [1.82, 2.24) is 15.1 Å². The molecule has 0 fully saturated rings. The Labute approximate surface area is 104 Å². The Morgan fingerprint density at radius 3 is 2.71 bits per heavy atom. The molecular weight excluding hydrogens is 214 g/mol. The number of nitrogens with zero attached hydrogens (tertiary/aromatic N) is 2. The van der Waals surface area contributed by atoms with Gasteiger partial charge in [-0.25, -0.2) is 0 Å². The van der Waals surface area contributed by atoms with Crippen LogP contribution in [0, 0.1) is 0 Å². The second-order valence-electron chi connectivity index (χ2n) is 5.12. The van der Waals surface area contributed by atoms with E-state index in [-0.39, 0.29) is 5.60 Å². The number of ether oxygens (including phenoxy) is 1. The van der Waals surface area contributed by atoms with Crippen LogP contribution in [0.3, 0.4) is 0 Å². The molecule has 1 atom stereocenters. The summed E-state index contributed by atoms with van der Waals surface area (Å²) in [4.78, 5) is 0. The van der Waals surface area contributed by atoms with Crippen molar-refractivity contribution in [2.24, 2.45) is 7.05 Å². The maximum absolute atomic E-state index is 5.51. The standard InChI is InChI=1S/C13H25N3O/c1-6-7-14-12(8-13(2,3)17-5)11-9-15-16(4)10-11/h9-10,12,14H,6-8H2,1-5H3. The van der Waals surface area contributed by atoms with E-state index in [4.69, 9.17) is 4.74 Å². The fourth-order valence-corrected chi connectivity index (χ4v) is 1.82. The van der Waals surface area contributed by atoms with Crippen molar-refractivity contribution < 1.29 is 4.74 Å². The molecule has 1 aromatic heterocycles. The van der Waals surface area contributed by atoms with Crippen LogP contribution in [0.5, 0.6) is 0 Å².